The number of aromatic nitrogens is 1. The van der Waals surface area contributed by atoms with Gasteiger partial charge >= 0.3 is 4.87 Å². The second-order valence-corrected chi connectivity index (χ2v) is 3.91. The van der Waals surface area contributed by atoms with E-state index in [4.69, 9.17) is 11.6 Å². The number of fused-ring (bicyclic) bond motifs is 1. The van der Waals surface area contributed by atoms with Gasteiger partial charge in [-0.2, -0.15) is 0 Å². The summed E-state index contributed by atoms with van der Waals surface area (Å²) in [5, 5.41) is 0.633. The minimum absolute atomic E-state index is 0. The smallest absolute Gasteiger partial charge is 0.300 e. The third-order valence-electron chi connectivity index (χ3n) is 1.76. The molecule has 0 atom stereocenters. The average Bonchev–Trinajstić information content (AvgIpc) is 2.29. The van der Waals surface area contributed by atoms with E-state index in [0.29, 0.717) is 5.02 Å². The minimum Gasteiger partial charge on any atom is -0.300 e. The van der Waals surface area contributed by atoms with Crippen LogP contribution in [0.4, 0.5) is 0 Å². The number of hydrogen-bond donors (Lipinski definition) is 0. The highest BCUT2D eigenvalue weighted by Gasteiger charge is 2.05. The number of rotatable bonds is 0. The molecule has 70 valence electrons. The van der Waals surface area contributed by atoms with Gasteiger partial charge < -0.3 is 4.57 Å². The molecule has 1 aromatic carbocycles. The Labute approximate surface area is 90.2 Å². The summed E-state index contributed by atoms with van der Waals surface area (Å²) in [6.45, 7) is 0. The molecule has 0 radical (unpaired) electrons. The van der Waals surface area contributed by atoms with Crippen LogP contribution in [0.1, 0.15) is 0 Å². The van der Waals surface area contributed by atoms with Crippen molar-refractivity contribution in [2.45, 2.75) is 0 Å². The first-order valence-electron chi connectivity index (χ1n) is 3.44. The molecule has 2 aromatic rings. The molecule has 0 unspecified atom stereocenters. The van der Waals surface area contributed by atoms with E-state index in [1.165, 1.54) is 11.3 Å². The molecule has 0 N–H and O–H groups in total. The van der Waals surface area contributed by atoms with Crippen molar-refractivity contribution in [1.82, 2.24) is 4.57 Å². The lowest BCUT2D eigenvalue weighted by molar-refractivity contribution is 0.939. The van der Waals surface area contributed by atoms with Gasteiger partial charge in [0.05, 0.1) is 15.2 Å². The van der Waals surface area contributed by atoms with Crippen LogP contribution in [-0.4, -0.2) is 4.57 Å². The standard InChI is InChI=1S/C8H6ClNOS.ClH/c1-10-7-5(9)3-2-4-6(7)12-8(10)11;/h2-4H,1H3;1H. The zero-order valence-corrected chi connectivity index (χ0v) is 9.17. The Bertz CT molecular complexity index is 488. The molecule has 2 rings (SSSR count). The van der Waals surface area contributed by atoms with E-state index in [0.717, 1.165) is 10.2 Å². The number of para-hydroxylation sites is 1. The Balaban J connectivity index is 0.000000845. The fourth-order valence-corrected chi connectivity index (χ4v) is 2.42. The first-order chi connectivity index (χ1) is 5.70. The van der Waals surface area contributed by atoms with E-state index < -0.39 is 0 Å². The van der Waals surface area contributed by atoms with Crippen LogP contribution in [-0.2, 0) is 7.05 Å². The maximum absolute atomic E-state index is 11.2. The monoisotopic (exact) mass is 235 g/mol. The molecule has 5 heteroatoms. The van der Waals surface area contributed by atoms with Gasteiger partial charge in [-0.15, -0.1) is 12.4 Å². The number of halogens is 2. The molecule has 1 heterocycles. The van der Waals surface area contributed by atoms with Gasteiger partial charge in [0.15, 0.2) is 0 Å². The summed E-state index contributed by atoms with van der Waals surface area (Å²) in [7, 11) is 1.73. The van der Waals surface area contributed by atoms with E-state index in [1.54, 1.807) is 17.7 Å². The van der Waals surface area contributed by atoms with Crippen LogP contribution in [0.5, 0.6) is 0 Å². The molecular formula is C8H7Cl2NOS. The predicted octanol–water partition coefficient (Wildman–Crippen LogP) is 2.68. The Hall–Kier alpha value is -0.510. The molecule has 0 saturated carbocycles. The van der Waals surface area contributed by atoms with Crippen molar-refractivity contribution in [3.05, 3.63) is 32.9 Å². The molecule has 0 aliphatic heterocycles. The van der Waals surface area contributed by atoms with E-state index in [9.17, 15) is 4.79 Å². The molecule has 2 nitrogen and oxygen atoms in total. The highest BCUT2D eigenvalue weighted by Crippen LogP contribution is 2.23. The van der Waals surface area contributed by atoms with Crippen molar-refractivity contribution in [3.63, 3.8) is 0 Å². The lowest BCUT2D eigenvalue weighted by atomic mass is 10.3. The van der Waals surface area contributed by atoms with Crippen LogP contribution in [0.25, 0.3) is 10.2 Å². The zero-order chi connectivity index (χ0) is 8.72. The maximum atomic E-state index is 11.2. The molecule has 0 aliphatic rings. The molecule has 13 heavy (non-hydrogen) atoms. The van der Waals surface area contributed by atoms with Crippen LogP contribution in [0.15, 0.2) is 23.0 Å². The number of hydrogen-bond acceptors (Lipinski definition) is 2. The average molecular weight is 236 g/mol. The third-order valence-corrected chi connectivity index (χ3v) is 3.06. The van der Waals surface area contributed by atoms with E-state index in [1.807, 2.05) is 12.1 Å². The van der Waals surface area contributed by atoms with Gasteiger partial charge in [-0.3, -0.25) is 4.79 Å². The summed E-state index contributed by atoms with van der Waals surface area (Å²) in [5.74, 6) is 0. The molecule has 1 aromatic heterocycles. The van der Waals surface area contributed by atoms with Gasteiger partial charge in [0, 0.05) is 7.05 Å². The second-order valence-electron chi connectivity index (χ2n) is 2.51. The Morgan fingerprint density at radius 2 is 2.15 bits per heavy atom. The fourth-order valence-electron chi connectivity index (χ4n) is 1.16. The largest absolute Gasteiger partial charge is 0.307 e. The van der Waals surface area contributed by atoms with Crippen LogP contribution in [0, 0.1) is 0 Å². The van der Waals surface area contributed by atoms with E-state index in [-0.39, 0.29) is 17.3 Å². The second kappa shape index (κ2) is 3.70. The highest BCUT2D eigenvalue weighted by molar-refractivity contribution is 7.16. The van der Waals surface area contributed by atoms with Gasteiger partial charge in [-0.1, -0.05) is 29.0 Å². The van der Waals surface area contributed by atoms with Crippen LogP contribution in [0.3, 0.4) is 0 Å². The SMILES string of the molecule is Cl.Cn1c(=O)sc2cccc(Cl)c21. The quantitative estimate of drug-likeness (QED) is 0.689. The van der Waals surface area contributed by atoms with E-state index >= 15 is 0 Å². The molecule has 0 amide bonds. The Kier molecular flexibility index (Phi) is 3.01. The summed E-state index contributed by atoms with van der Waals surface area (Å²) < 4.78 is 2.51. The summed E-state index contributed by atoms with van der Waals surface area (Å²) in [4.78, 5) is 11.2. The Morgan fingerprint density at radius 3 is 2.77 bits per heavy atom. The van der Waals surface area contributed by atoms with Gasteiger partial charge in [0.1, 0.15) is 0 Å². The molecule has 0 aliphatic carbocycles. The number of aryl methyl sites for hydroxylation is 1. The summed E-state index contributed by atoms with van der Waals surface area (Å²) in [6, 6.07) is 5.53. The predicted molar refractivity (Wildman–Crippen MR) is 59.3 cm³/mol. The van der Waals surface area contributed by atoms with Crippen LogP contribution < -0.4 is 4.87 Å². The van der Waals surface area contributed by atoms with Crippen molar-refractivity contribution in [3.8, 4) is 0 Å². The summed E-state index contributed by atoms with van der Waals surface area (Å²) in [5.41, 5.74) is 0.828. The van der Waals surface area contributed by atoms with Crippen molar-refractivity contribution in [2.24, 2.45) is 7.05 Å². The van der Waals surface area contributed by atoms with Crippen LogP contribution in [0.2, 0.25) is 5.02 Å². The number of thiazole rings is 1. The Morgan fingerprint density at radius 1 is 1.46 bits per heavy atom. The topological polar surface area (TPSA) is 22.0 Å². The fraction of sp³-hybridized carbons (Fsp3) is 0.125. The van der Waals surface area contributed by atoms with Gasteiger partial charge in [0.2, 0.25) is 0 Å². The van der Waals surface area contributed by atoms with Crippen molar-refractivity contribution in [2.75, 3.05) is 0 Å². The first-order valence-corrected chi connectivity index (χ1v) is 4.63. The molecule has 0 fully saturated rings. The normalized spacial score (nSPS) is 10.0. The minimum atomic E-state index is 0. The lowest BCUT2D eigenvalue weighted by Crippen LogP contribution is -2.06. The van der Waals surface area contributed by atoms with Crippen molar-refractivity contribution < 1.29 is 0 Å². The molecular weight excluding hydrogens is 229 g/mol. The summed E-state index contributed by atoms with van der Waals surface area (Å²) in [6.07, 6.45) is 0. The molecule has 0 spiro atoms. The first kappa shape index (κ1) is 10.6. The highest BCUT2D eigenvalue weighted by atomic mass is 35.5. The molecule has 0 bridgehead atoms. The lowest BCUT2D eigenvalue weighted by Gasteiger charge is -1.95. The molecule has 0 saturated heterocycles. The number of nitrogens with zero attached hydrogens (tertiary/aromatic N) is 1. The van der Waals surface area contributed by atoms with E-state index in [2.05, 4.69) is 0 Å². The van der Waals surface area contributed by atoms with Crippen LogP contribution >= 0.6 is 35.3 Å². The van der Waals surface area contributed by atoms with Gasteiger partial charge in [-0.05, 0) is 12.1 Å². The third kappa shape index (κ3) is 1.59. The zero-order valence-electron chi connectivity index (χ0n) is 6.78. The van der Waals surface area contributed by atoms with Crippen molar-refractivity contribution >= 4 is 45.6 Å². The maximum Gasteiger partial charge on any atom is 0.307 e. The number of benzene rings is 1. The van der Waals surface area contributed by atoms with Gasteiger partial charge in [0.25, 0.3) is 0 Å². The van der Waals surface area contributed by atoms with Crippen molar-refractivity contribution in [1.29, 1.82) is 0 Å². The summed E-state index contributed by atoms with van der Waals surface area (Å²) >= 11 is 7.14. The van der Waals surface area contributed by atoms with Gasteiger partial charge in [-0.25, -0.2) is 0 Å².